The number of non-ortho nitro benzene ring substituents is 1. The Morgan fingerprint density at radius 2 is 2.35 bits per heavy atom. The molecule has 9 nitrogen and oxygen atoms in total. The molecule has 1 aliphatic rings. The minimum Gasteiger partial charge on any atom is -0.347 e. The van der Waals surface area contributed by atoms with Gasteiger partial charge in [0.1, 0.15) is 0 Å². The highest BCUT2D eigenvalue weighted by molar-refractivity contribution is 5.92. The van der Waals surface area contributed by atoms with Gasteiger partial charge in [0.05, 0.1) is 16.8 Å². The summed E-state index contributed by atoms with van der Waals surface area (Å²) < 4.78 is 1.35. The average Bonchev–Trinajstić information content (AvgIpc) is 3.06. The molecule has 0 unspecified atom stereocenters. The lowest BCUT2D eigenvalue weighted by atomic mass is 10.1. The van der Waals surface area contributed by atoms with Crippen LogP contribution in [-0.4, -0.2) is 45.0 Å². The lowest BCUT2D eigenvalue weighted by molar-refractivity contribution is -0.384. The molecule has 1 atom stereocenters. The van der Waals surface area contributed by atoms with Crippen molar-refractivity contribution in [3.8, 4) is 5.69 Å². The van der Waals surface area contributed by atoms with Crippen LogP contribution in [0.2, 0.25) is 0 Å². The zero-order valence-electron chi connectivity index (χ0n) is 12.3. The molecule has 1 aliphatic heterocycles. The Morgan fingerprint density at radius 1 is 1.48 bits per heavy atom. The molecule has 23 heavy (non-hydrogen) atoms. The Hall–Kier alpha value is -2.81. The lowest BCUT2D eigenvalue weighted by Crippen LogP contribution is -2.45. The highest BCUT2D eigenvalue weighted by Gasteiger charge is 2.19. The normalized spacial score (nSPS) is 17.7. The summed E-state index contributed by atoms with van der Waals surface area (Å²) in [5.74, 6) is -0.296. The summed E-state index contributed by atoms with van der Waals surface area (Å²) in [7, 11) is 0. The maximum Gasteiger partial charge on any atom is 0.273 e. The number of nitrogens with zero attached hydrogens (tertiary/aromatic N) is 4. The second-order valence-electron chi connectivity index (χ2n) is 5.34. The lowest BCUT2D eigenvalue weighted by Gasteiger charge is -2.23. The maximum absolute atomic E-state index is 12.2. The number of amides is 1. The van der Waals surface area contributed by atoms with Crippen molar-refractivity contribution in [2.75, 3.05) is 13.1 Å². The molecule has 0 radical (unpaired) electrons. The first-order valence-electron chi connectivity index (χ1n) is 7.32. The molecule has 1 saturated heterocycles. The van der Waals surface area contributed by atoms with E-state index in [4.69, 9.17) is 0 Å². The zero-order chi connectivity index (χ0) is 16.2. The molecule has 1 aromatic carbocycles. The Balaban J connectivity index is 1.73. The van der Waals surface area contributed by atoms with E-state index in [1.165, 1.54) is 23.0 Å². The quantitative estimate of drug-likeness (QED) is 0.632. The van der Waals surface area contributed by atoms with Gasteiger partial charge in [-0.1, -0.05) is 11.3 Å². The van der Waals surface area contributed by atoms with Crippen molar-refractivity contribution in [2.45, 2.75) is 18.9 Å². The summed E-state index contributed by atoms with van der Waals surface area (Å²) >= 11 is 0. The van der Waals surface area contributed by atoms with Crippen LogP contribution in [0.5, 0.6) is 0 Å². The van der Waals surface area contributed by atoms with E-state index in [2.05, 4.69) is 20.9 Å². The number of aromatic nitrogens is 3. The van der Waals surface area contributed by atoms with Crippen LogP contribution in [0.3, 0.4) is 0 Å². The third-order valence-corrected chi connectivity index (χ3v) is 3.66. The van der Waals surface area contributed by atoms with Crippen molar-refractivity contribution < 1.29 is 9.72 Å². The molecule has 9 heteroatoms. The van der Waals surface area contributed by atoms with Gasteiger partial charge in [-0.05, 0) is 25.5 Å². The molecule has 0 bridgehead atoms. The molecule has 0 aliphatic carbocycles. The largest absolute Gasteiger partial charge is 0.347 e. The van der Waals surface area contributed by atoms with Crippen molar-refractivity contribution in [2.24, 2.45) is 0 Å². The zero-order valence-corrected chi connectivity index (χ0v) is 12.3. The first kappa shape index (κ1) is 15.1. The van der Waals surface area contributed by atoms with Crippen LogP contribution >= 0.6 is 0 Å². The van der Waals surface area contributed by atoms with Gasteiger partial charge in [0.25, 0.3) is 11.6 Å². The molecule has 2 heterocycles. The van der Waals surface area contributed by atoms with E-state index in [1.807, 2.05) is 0 Å². The summed E-state index contributed by atoms with van der Waals surface area (Å²) in [4.78, 5) is 22.5. The van der Waals surface area contributed by atoms with Crippen LogP contribution in [0.1, 0.15) is 23.3 Å². The van der Waals surface area contributed by atoms with Gasteiger partial charge in [-0.3, -0.25) is 14.9 Å². The topological polar surface area (TPSA) is 115 Å². The monoisotopic (exact) mass is 316 g/mol. The fraction of sp³-hybridized carbons (Fsp3) is 0.357. The molecule has 120 valence electrons. The first-order chi connectivity index (χ1) is 11.1. The maximum atomic E-state index is 12.2. The summed E-state index contributed by atoms with van der Waals surface area (Å²) in [5.41, 5.74) is 0.615. The molecule has 2 aromatic rings. The van der Waals surface area contributed by atoms with Crippen LogP contribution < -0.4 is 10.6 Å². The van der Waals surface area contributed by atoms with E-state index in [-0.39, 0.29) is 23.3 Å². The molecule has 0 spiro atoms. The molecule has 2 N–H and O–H groups in total. The van der Waals surface area contributed by atoms with Gasteiger partial charge >= 0.3 is 0 Å². The SMILES string of the molecule is O=C(N[C@H]1CCCNC1)c1cn(-c2cccc([N+](=O)[O-])c2)nn1. The number of piperidine rings is 1. The molecule has 1 amide bonds. The Morgan fingerprint density at radius 3 is 3.09 bits per heavy atom. The molecule has 1 fully saturated rings. The molecular formula is C14H16N6O3. The Bertz CT molecular complexity index is 723. The second kappa shape index (κ2) is 6.53. The van der Waals surface area contributed by atoms with Gasteiger partial charge < -0.3 is 10.6 Å². The van der Waals surface area contributed by atoms with Gasteiger partial charge in [-0.2, -0.15) is 0 Å². The van der Waals surface area contributed by atoms with Crippen LogP contribution in [0.4, 0.5) is 5.69 Å². The predicted octanol–water partition coefficient (Wildman–Crippen LogP) is 0.657. The highest BCUT2D eigenvalue weighted by Crippen LogP contribution is 2.16. The van der Waals surface area contributed by atoms with E-state index in [0.717, 1.165) is 25.9 Å². The van der Waals surface area contributed by atoms with E-state index in [9.17, 15) is 14.9 Å². The number of hydrogen-bond acceptors (Lipinski definition) is 6. The van der Waals surface area contributed by atoms with Gasteiger partial charge in [0.15, 0.2) is 5.69 Å². The minimum absolute atomic E-state index is 0.0442. The number of carbonyl (C=O) groups excluding carboxylic acids is 1. The fourth-order valence-electron chi connectivity index (χ4n) is 2.48. The van der Waals surface area contributed by atoms with Gasteiger partial charge in [0.2, 0.25) is 0 Å². The number of nitrogens with one attached hydrogen (secondary N) is 2. The second-order valence-corrected chi connectivity index (χ2v) is 5.34. The van der Waals surface area contributed by atoms with E-state index in [0.29, 0.717) is 5.69 Å². The van der Waals surface area contributed by atoms with E-state index < -0.39 is 4.92 Å². The first-order valence-corrected chi connectivity index (χ1v) is 7.32. The van der Waals surface area contributed by atoms with Gasteiger partial charge in [-0.15, -0.1) is 5.10 Å². The van der Waals surface area contributed by atoms with Crippen LogP contribution in [-0.2, 0) is 0 Å². The summed E-state index contributed by atoms with van der Waals surface area (Å²) in [6.45, 7) is 1.71. The standard InChI is InChI=1S/C14H16N6O3/c21-14(16-10-3-2-6-15-8-10)13-9-19(18-17-13)11-4-1-5-12(7-11)20(22)23/h1,4-5,7,9-10,15H,2-3,6,8H2,(H,16,21)/t10-/m0/s1. The summed E-state index contributed by atoms with van der Waals surface area (Å²) in [6.07, 6.45) is 3.41. The number of carbonyl (C=O) groups is 1. The van der Waals surface area contributed by atoms with Crippen molar-refractivity contribution in [1.29, 1.82) is 0 Å². The van der Waals surface area contributed by atoms with Gasteiger partial charge in [0, 0.05) is 24.7 Å². The highest BCUT2D eigenvalue weighted by atomic mass is 16.6. The number of hydrogen-bond donors (Lipinski definition) is 2. The van der Waals surface area contributed by atoms with Crippen molar-refractivity contribution in [3.63, 3.8) is 0 Å². The van der Waals surface area contributed by atoms with Gasteiger partial charge in [-0.25, -0.2) is 4.68 Å². The van der Waals surface area contributed by atoms with E-state index in [1.54, 1.807) is 12.1 Å². The van der Waals surface area contributed by atoms with Crippen molar-refractivity contribution in [1.82, 2.24) is 25.6 Å². The Labute approximate surface area is 131 Å². The van der Waals surface area contributed by atoms with Crippen molar-refractivity contribution >= 4 is 11.6 Å². The fourth-order valence-corrected chi connectivity index (χ4v) is 2.48. The molecule has 1 aromatic heterocycles. The average molecular weight is 316 g/mol. The van der Waals surface area contributed by atoms with Crippen LogP contribution in [0.25, 0.3) is 5.69 Å². The predicted molar refractivity (Wildman–Crippen MR) is 81.4 cm³/mol. The number of benzene rings is 1. The number of nitro groups is 1. The summed E-state index contributed by atoms with van der Waals surface area (Å²) in [5, 5.41) is 24.6. The van der Waals surface area contributed by atoms with E-state index >= 15 is 0 Å². The van der Waals surface area contributed by atoms with Crippen molar-refractivity contribution in [3.05, 3.63) is 46.3 Å². The number of rotatable bonds is 4. The third-order valence-electron chi connectivity index (χ3n) is 3.66. The van der Waals surface area contributed by atoms with Crippen LogP contribution in [0.15, 0.2) is 30.5 Å². The third kappa shape index (κ3) is 3.51. The summed E-state index contributed by atoms with van der Waals surface area (Å²) in [6, 6.07) is 6.07. The molecule has 3 rings (SSSR count). The molecule has 0 saturated carbocycles. The molecular weight excluding hydrogens is 300 g/mol. The van der Waals surface area contributed by atoms with Crippen LogP contribution in [0, 0.1) is 10.1 Å². The minimum atomic E-state index is -0.482. The Kier molecular flexibility index (Phi) is 4.29. The number of nitro benzene ring substituents is 1. The smallest absolute Gasteiger partial charge is 0.273 e.